The molecular formula is C22H25ClFN5O3. The first-order valence-electron chi connectivity index (χ1n) is 10.5. The number of ether oxygens (including phenoxy) is 1. The Kier molecular flexibility index (Phi) is 5.94. The number of nitrogens with zero attached hydrogens (tertiary/aromatic N) is 3. The quantitative estimate of drug-likeness (QED) is 0.684. The smallest absolute Gasteiger partial charge is 0.263 e. The van der Waals surface area contributed by atoms with Gasteiger partial charge in [0.15, 0.2) is 11.4 Å². The van der Waals surface area contributed by atoms with Gasteiger partial charge in [-0.1, -0.05) is 11.6 Å². The summed E-state index contributed by atoms with van der Waals surface area (Å²) >= 11 is 5.72. The minimum atomic E-state index is -1.32. The number of carbonyl (C=O) groups excluding carboxylic acids is 2. The highest BCUT2D eigenvalue weighted by Crippen LogP contribution is 2.38. The molecule has 3 N–H and O–H groups in total. The zero-order valence-electron chi connectivity index (χ0n) is 17.8. The van der Waals surface area contributed by atoms with Crippen LogP contribution in [0.1, 0.15) is 49.9 Å². The van der Waals surface area contributed by atoms with Gasteiger partial charge in [-0.2, -0.15) is 0 Å². The number of nitrogens with two attached hydrogens (primary N) is 1. The minimum Gasteiger partial charge on any atom is -0.459 e. The van der Waals surface area contributed by atoms with Gasteiger partial charge in [-0.25, -0.2) is 14.4 Å². The summed E-state index contributed by atoms with van der Waals surface area (Å²) in [5.74, 6) is -1.03. The zero-order chi connectivity index (χ0) is 23.0. The molecule has 4 heterocycles. The van der Waals surface area contributed by atoms with Crippen molar-refractivity contribution in [2.24, 2.45) is 5.73 Å². The molecule has 0 spiro atoms. The fourth-order valence-electron chi connectivity index (χ4n) is 4.48. The predicted molar refractivity (Wildman–Crippen MR) is 117 cm³/mol. The molecule has 170 valence electrons. The number of carbonyl (C=O) groups is 2. The Labute approximate surface area is 190 Å². The number of piperidine rings is 1. The van der Waals surface area contributed by atoms with Crippen LogP contribution in [0, 0.1) is 5.82 Å². The Morgan fingerprint density at radius 2 is 1.91 bits per heavy atom. The molecule has 2 aromatic heterocycles. The Hall–Kier alpha value is -2.94. The largest absolute Gasteiger partial charge is 0.459 e. The Morgan fingerprint density at radius 3 is 2.47 bits per heavy atom. The summed E-state index contributed by atoms with van der Waals surface area (Å²) < 4.78 is 19.6. The third-order valence-electron chi connectivity index (χ3n) is 6.04. The Morgan fingerprint density at radius 1 is 1.22 bits per heavy atom. The van der Waals surface area contributed by atoms with Gasteiger partial charge in [-0.15, -0.1) is 0 Å². The lowest BCUT2D eigenvalue weighted by molar-refractivity contribution is -0.135. The number of primary amides is 1. The fraction of sp³-hybridized carbons (Fsp3) is 0.455. The highest BCUT2D eigenvalue weighted by molar-refractivity contribution is 6.30. The van der Waals surface area contributed by atoms with Crippen LogP contribution < -0.4 is 20.7 Å². The van der Waals surface area contributed by atoms with E-state index < -0.39 is 17.3 Å². The van der Waals surface area contributed by atoms with Gasteiger partial charge in [0.1, 0.15) is 5.82 Å². The molecule has 8 nitrogen and oxygen atoms in total. The maximum Gasteiger partial charge on any atom is 0.263 e. The standard InChI is InChI=1S/C22H25ClFN5O3/c1-22(2,32-20-17(24)7-13(23)11-27-20)21(31)28-14-8-15-4-5-16(9-14)29(15)18-6-3-12(10-26-18)19(25)30/h3,6-7,10-11,14-16H,4-5,8-9H2,1-2H3,(H2,25,30)(H,28,31)/t14-,15+,16-. The fourth-order valence-corrected chi connectivity index (χ4v) is 4.62. The molecule has 2 aromatic rings. The second-order valence-corrected chi connectivity index (χ2v) is 9.19. The van der Waals surface area contributed by atoms with Crippen LogP contribution in [0.2, 0.25) is 5.02 Å². The SMILES string of the molecule is CC(C)(Oc1ncc(Cl)cc1F)C(=O)N[C@H]1C[C@H]2CC[C@@H](C1)N2c1ccc(C(N)=O)cn1. The molecule has 2 fully saturated rings. The van der Waals surface area contributed by atoms with E-state index in [-0.39, 0.29) is 34.9 Å². The van der Waals surface area contributed by atoms with Crippen LogP contribution in [0.15, 0.2) is 30.6 Å². The molecule has 0 unspecified atom stereocenters. The van der Waals surface area contributed by atoms with Gasteiger partial charge < -0.3 is 20.7 Å². The number of pyridine rings is 2. The topological polar surface area (TPSA) is 110 Å². The highest BCUT2D eigenvalue weighted by Gasteiger charge is 2.43. The van der Waals surface area contributed by atoms with Crippen molar-refractivity contribution in [3.63, 3.8) is 0 Å². The van der Waals surface area contributed by atoms with Crippen LogP contribution in [0.25, 0.3) is 0 Å². The molecule has 2 saturated heterocycles. The van der Waals surface area contributed by atoms with Gasteiger partial charge in [-0.3, -0.25) is 9.59 Å². The van der Waals surface area contributed by atoms with Gasteiger partial charge in [0, 0.05) is 30.5 Å². The number of fused-ring (bicyclic) bond motifs is 2. The molecule has 0 radical (unpaired) electrons. The Balaban J connectivity index is 1.40. The van der Waals surface area contributed by atoms with Crippen LogP contribution >= 0.6 is 11.6 Å². The van der Waals surface area contributed by atoms with Crippen molar-refractivity contribution in [2.75, 3.05) is 4.90 Å². The van der Waals surface area contributed by atoms with E-state index in [1.165, 1.54) is 12.4 Å². The summed E-state index contributed by atoms with van der Waals surface area (Å²) in [6.07, 6.45) is 6.27. The monoisotopic (exact) mass is 461 g/mol. The molecular weight excluding hydrogens is 437 g/mol. The second-order valence-electron chi connectivity index (χ2n) is 8.76. The lowest BCUT2D eigenvalue weighted by Gasteiger charge is -2.40. The average molecular weight is 462 g/mol. The summed E-state index contributed by atoms with van der Waals surface area (Å²) in [7, 11) is 0. The normalized spacial score (nSPS) is 22.5. The van der Waals surface area contributed by atoms with Gasteiger partial charge in [-0.05, 0) is 57.7 Å². The Bertz CT molecular complexity index is 1020. The van der Waals surface area contributed by atoms with Crippen LogP contribution in [0.5, 0.6) is 5.88 Å². The number of hydrogen-bond acceptors (Lipinski definition) is 6. The maximum absolute atomic E-state index is 14.0. The molecule has 2 aliphatic heterocycles. The first-order valence-corrected chi connectivity index (χ1v) is 10.9. The first kappa shape index (κ1) is 22.3. The van der Waals surface area contributed by atoms with E-state index in [1.54, 1.807) is 19.9 Å². The summed E-state index contributed by atoms with van der Waals surface area (Å²) in [5, 5.41) is 3.21. The second kappa shape index (κ2) is 8.54. The molecule has 2 amide bonds. The number of hydrogen-bond donors (Lipinski definition) is 2. The molecule has 2 bridgehead atoms. The lowest BCUT2D eigenvalue weighted by Crippen LogP contribution is -2.55. The number of nitrogens with one attached hydrogen (secondary N) is 1. The van der Waals surface area contributed by atoms with Crippen molar-refractivity contribution in [3.05, 3.63) is 47.0 Å². The van der Waals surface area contributed by atoms with Crippen molar-refractivity contribution in [1.29, 1.82) is 0 Å². The molecule has 0 aliphatic carbocycles. The van der Waals surface area contributed by atoms with Crippen molar-refractivity contribution in [2.45, 2.75) is 63.3 Å². The minimum absolute atomic E-state index is 0.0351. The molecule has 32 heavy (non-hydrogen) atoms. The number of rotatable bonds is 6. The number of aromatic nitrogens is 2. The van der Waals surface area contributed by atoms with Crippen molar-refractivity contribution in [1.82, 2.24) is 15.3 Å². The van der Waals surface area contributed by atoms with Crippen molar-refractivity contribution in [3.8, 4) is 5.88 Å². The summed E-state index contributed by atoms with van der Waals surface area (Å²) in [5.41, 5.74) is 4.36. The number of anilines is 1. The van der Waals surface area contributed by atoms with Gasteiger partial charge in [0.2, 0.25) is 5.91 Å². The third kappa shape index (κ3) is 4.48. The van der Waals surface area contributed by atoms with E-state index in [0.717, 1.165) is 37.6 Å². The number of halogens is 2. The summed E-state index contributed by atoms with van der Waals surface area (Å²) in [4.78, 5) is 34.7. The molecule has 0 saturated carbocycles. The van der Waals surface area contributed by atoms with E-state index >= 15 is 0 Å². The average Bonchev–Trinajstić information content (AvgIpc) is 3.00. The van der Waals surface area contributed by atoms with E-state index in [9.17, 15) is 14.0 Å². The van der Waals surface area contributed by atoms with E-state index in [4.69, 9.17) is 22.1 Å². The van der Waals surface area contributed by atoms with E-state index in [1.807, 2.05) is 6.07 Å². The molecule has 4 rings (SSSR count). The third-order valence-corrected chi connectivity index (χ3v) is 6.24. The molecule has 10 heteroatoms. The van der Waals surface area contributed by atoms with E-state index in [0.29, 0.717) is 5.56 Å². The van der Waals surface area contributed by atoms with Crippen LogP contribution in [-0.2, 0) is 4.79 Å². The van der Waals surface area contributed by atoms with Crippen LogP contribution in [0.3, 0.4) is 0 Å². The van der Waals surface area contributed by atoms with Crippen LogP contribution in [-0.4, -0.2) is 45.5 Å². The predicted octanol–water partition coefficient (Wildman–Crippen LogP) is 2.84. The van der Waals surface area contributed by atoms with E-state index in [2.05, 4.69) is 20.2 Å². The summed E-state index contributed by atoms with van der Waals surface area (Å²) in [6, 6.07) is 5.01. The van der Waals surface area contributed by atoms with Crippen molar-refractivity contribution < 1.29 is 18.7 Å². The highest BCUT2D eigenvalue weighted by atomic mass is 35.5. The number of amides is 2. The van der Waals surface area contributed by atoms with Gasteiger partial charge >= 0.3 is 0 Å². The van der Waals surface area contributed by atoms with Crippen molar-refractivity contribution >= 4 is 29.2 Å². The first-order chi connectivity index (χ1) is 15.1. The van der Waals surface area contributed by atoms with Crippen LogP contribution in [0.4, 0.5) is 10.2 Å². The van der Waals surface area contributed by atoms with Gasteiger partial charge in [0.25, 0.3) is 11.8 Å². The molecule has 2 aliphatic rings. The maximum atomic E-state index is 14.0. The van der Waals surface area contributed by atoms with Gasteiger partial charge in [0.05, 0.1) is 10.6 Å². The zero-order valence-corrected chi connectivity index (χ0v) is 18.6. The molecule has 0 aromatic carbocycles. The summed E-state index contributed by atoms with van der Waals surface area (Å²) in [6.45, 7) is 3.15. The molecule has 3 atom stereocenters. The lowest BCUT2D eigenvalue weighted by atomic mass is 9.96.